The number of methoxy groups -OCH3 is 1. The summed E-state index contributed by atoms with van der Waals surface area (Å²) in [6.45, 7) is 12.9. The summed E-state index contributed by atoms with van der Waals surface area (Å²) in [5, 5.41) is 0. The maximum atomic E-state index is 12.3. The standard InChI is InChI=1S/C21H37NO6S/c1-19(2,3)27-17(23)22-14-12-21(13-15-22,28-18(24)25-7)11-10-16-26-29(8,9)20(4,5)6/h12-16H2,1-9H3. The average Bonchev–Trinajstić information content (AvgIpc) is 2.57. The van der Waals surface area contributed by atoms with Gasteiger partial charge < -0.3 is 23.3 Å². The molecule has 0 radical (unpaired) electrons. The maximum absolute atomic E-state index is 12.3. The summed E-state index contributed by atoms with van der Waals surface area (Å²) in [5.74, 6) is 6.09. The molecule has 0 spiro atoms. The zero-order valence-corrected chi connectivity index (χ0v) is 20.2. The SMILES string of the molecule is COC(=O)OC1(C#CCOS(C)(C)C(C)(C)C)CCN(C(=O)OC(C)(C)C)CC1. The van der Waals surface area contributed by atoms with E-state index in [1.165, 1.54) is 7.11 Å². The predicted molar refractivity (Wildman–Crippen MR) is 116 cm³/mol. The van der Waals surface area contributed by atoms with Crippen molar-refractivity contribution in [2.24, 2.45) is 0 Å². The van der Waals surface area contributed by atoms with Crippen LogP contribution in [0.1, 0.15) is 54.4 Å². The van der Waals surface area contributed by atoms with Crippen LogP contribution < -0.4 is 0 Å². The van der Waals surface area contributed by atoms with Crippen LogP contribution in [0, 0.1) is 11.8 Å². The second kappa shape index (κ2) is 9.48. The first-order valence-electron chi connectivity index (χ1n) is 9.73. The summed E-state index contributed by atoms with van der Waals surface area (Å²) in [5.41, 5.74) is -1.57. The molecular formula is C21H37NO6S. The molecule has 0 aromatic heterocycles. The zero-order valence-electron chi connectivity index (χ0n) is 19.3. The van der Waals surface area contributed by atoms with Crippen LogP contribution in [0.5, 0.6) is 0 Å². The molecule has 0 aliphatic carbocycles. The highest BCUT2D eigenvalue weighted by Gasteiger charge is 2.39. The summed E-state index contributed by atoms with van der Waals surface area (Å²) in [7, 11) is -0.0285. The van der Waals surface area contributed by atoms with Gasteiger partial charge in [0.2, 0.25) is 0 Å². The van der Waals surface area contributed by atoms with Crippen molar-refractivity contribution in [3.63, 3.8) is 0 Å². The van der Waals surface area contributed by atoms with E-state index in [9.17, 15) is 9.59 Å². The van der Waals surface area contributed by atoms with Gasteiger partial charge in [-0.25, -0.2) is 9.59 Å². The molecule has 1 heterocycles. The molecule has 0 aromatic carbocycles. The van der Waals surface area contributed by atoms with Crippen LogP contribution in [-0.2, 0) is 18.4 Å². The molecule has 1 rings (SSSR count). The van der Waals surface area contributed by atoms with E-state index < -0.39 is 27.7 Å². The van der Waals surface area contributed by atoms with Gasteiger partial charge in [-0.3, -0.25) is 0 Å². The fourth-order valence-corrected chi connectivity index (χ4v) is 3.09. The van der Waals surface area contributed by atoms with E-state index in [0.29, 0.717) is 25.9 Å². The monoisotopic (exact) mass is 431 g/mol. The van der Waals surface area contributed by atoms with Gasteiger partial charge in [0.15, 0.2) is 5.60 Å². The quantitative estimate of drug-likeness (QED) is 0.489. The number of carbonyl (C=O) groups excluding carboxylic acids is 2. The van der Waals surface area contributed by atoms with Crippen molar-refractivity contribution in [1.82, 2.24) is 4.90 Å². The Morgan fingerprint density at radius 2 is 1.62 bits per heavy atom. The molecule has 0 atom stereocenters. The molecule has 1 aliphatic rings. The third-order valence-electron chi connectivity index (χ3n) is 4.88. The molecule has 1 aliphatic heterocycles. The largest absolute Gasteiger partial charge is 0.509 e. The normalized spacial score (nSPS) is 17.6. The molecular weight excluding hydrogens is 394 g/mol. The third-order valence-corrected chi connectivity index (χ3v) is 8.54. The molecule has 1 saturated heterocycles. The Balaban J connectivity index is 2.83. The lowest BCUT2D eigenvalue weighted by atomic mass is 9.92. The van der Waals surface area contributed by atoms with Crippen molar-refractivity contribution in [1.29, 1.82) is 0 Å². The van der Waals surface area contributed by atoms with E-state index in [4.69, 9.17) is 13.7 Å². The first-order valence-corrected chi connectivity index (χ1v) is 12.1. The molecule has 168 valence electrons. The molecule has 7 nitrogen and oxygen atoms in total. The summed E-state index contributed by atoms with van der Waals surface area (Å²) in [6, 6.07) is 0. The molecule has 0 bridgehead atoms. The van der Waals surface area contributed by atoms with E-state index in [2.05, 4.69) is 49.9 Å². The lowest BCUT2D eigenvalue weighted by molar-refractivity contribution is -0.0339. The van der Waals surface area contributed by atoms with Crippen LogP contribution in [0.15, 0.2) is 0 Å². The minimum atomic E-state index is -1.29. The summed E-state index contributed by atoms with van der Waals surface area (Å²) >= 11 is 0. The highest BCUT2D eigenvalue weighted by Crippen LogP contribution is 2.53. The van der Waals surface area contributed by atoms with E-state index >= 15 is 0 Å². The number of rotatable bonds is 3. The van der Waals surface area contributed by atoms with Crippen molar-refractivity contribution in [3.05, 3.63) is 0 Å². The smallest absolute Gasteiger partial charge is 0.444 e. The minimum Gasteiger partial charge on any atom is -0.444 e. The Morgan fingerprint density at radius 1 is 1.07 bits per heavy atom. The van der Waals surface area contributed by atoms with Gasteiger partial charge in [0.05, 0.1) is 7.11 Å². The predicted octanol–water partition coefficient (Wildman–Crippen LogP) is 4.34. The topological polar surface area (TPSA) is 74.3 Å². The second-order valence-corrected chi connectivity index (χ2v) is 13.4. The fourth-order valence-electron chi connectivity index (χ4n) is 2.38. The second-order valence-electron chi connectivity index (χ2n) is 9.43. The molecule has 0 saturated carbocycles. The van der Waals surface area contributed by atoms with Crippen LogP contribution in [0.25, 0.3) is 0 Å². The number of likely N-dealkylation sites (tertiary alicyclic amines) is 1. The van der Waals surface area contributed by atoms with Gasteiger partial charge >= 0.3 is 12.2 Å². The number of nitrogens with zero attached hydrogens (tertiary/aromatic N) is 1. The van der Waals surface area contributed by atoms with Gasteiger partial charge in [-0.2, -0.15) is 0 Å². The van der Waals surface area contributed by atoms with Crippen LogP contribution in [-0.4, -0.2) is 72.4 Å². The van der Waals surface area contributed by atoms with Gasteiger partial charge in [0.1, 0.15) is 12.2 Å². The summed E-state index contributed by atoms with van der Waals surface area (Å²) in [6.07, 6.45) is 3.81. The van der Waals surface area contributed by atoms with E-state index in [1.807, 2.05) is 20.8 Å². The molecule has 0 unspecified atom stereocenters. The lowest BCUT2D eigenvalue weighted by Gasteiger charge is -2.43. The van der Waals surface area contributed by atoms with Gasteiger partial charge in [0, 0.05) is 30.7 Å². The Hall–Kier alpha value is -1.59. The minimum absolute atomic E-state index is 0.0354. The highest BCUT2D eigenvalue weighted by molar-refractivity contribution is 8.29. The summed E-state index contributed by atoms with van der Waals surface area (Å²) in [4.78, 5) is 25.7. The summed E-state index contributed by atoms with van der Waals surface area (Å²) < 4.78 is 21.6. The van der Waals surface area contributed by atoms with Crippen molar-refractivity contribution < 1.29 is 28.0 Å². The maximum Gasteiger partial charge on any atom is 0.509 e. The van der Waals surface area contributed by atoms with Gasteiger partial charge in [-0.15, -0.1) is 10.3 Å². The highest BCUT2D eigenvalue weighted by atomic mass is 32.3. The van der Waals surface area contributed by atoms with Crippen LogP contribution >= 0.6 is 10.3 Å². The van der Waals surface area contributed by atoms with E-state index in [0.717, 1.165) is 0 Å². The number of amides is 1. The van der Waals surface area contributed by atoms with Crippen molar-refractivity contribution in [3.8, 4) is 11.8 Å². The fraction of sp³-hybridized carbons (Fsp3) is 0.810. The molecule has 1 amide bonds. The van der Waals surface area contributed by atoms with Crippen molar-refractivity contribution in [2.45, 2.75) is 70.3 Å². The molecule has 1 fully saturated rings. The van der Waals surface area contributed by atoms with E-state index in [-0.39, 0.29) is 17.4 Å². The van der Waals surface area contributed by atoms with Crippen molar-refractivity contribution in [2.75, 3.05) is 39.3 Å². The first kappa shape index (κ1) is 25.4. The van der Waals surface area contributed by atoms with Gasteiger partial charge in [-0.05, 0) is 33.3 Å². The van der Waals surface area contributed by atoms with E-state index in [1.54, 1.807) is 4.90 Å². The Morgan fingerprint density at radius 3 is 2.07 bits per heavy atom. The average molecular weight is 432 g/mol. The van der Waals surface area contributed by atoms with Gasteiger partial charge in [-0.1, -0.05) is 32.6 Å². The zero-order chi connectivity index (χ0) is 22.5. The lowest BCUT2D eigenvalue weighted by Crippen LogP contribution is -2.49. The van der Waals surface area contributed by atoms with Crippen LogP contribution in [0.4, 0.5) is 9.59 Å². The number of hydrogen-bond donors (Lipinski definition) is 0. The molecule has 29 heavy (non-hydrogen) atoms. The number of carbonyl (C=O) groups is 2. The Labute approximate surface area is 177 Å². The Bertz CT molecular complexity index is 643. The number of piperidine rings is 1. The molecule has 0 N–H and O–H groups in total. The number of hydrogen-bond acceptors (Lipinski definition) is 6. The number of ether oxygens (including phenoxy) is 3. The van der Waals surface area contributed by atoms with Crippen LogP contribution in [0.3, 0.4) is 0 Å². The van der Waals surface area contributed by atoms with Crippen LogP contribution in [0.2, 0.25) is 0 Å². The first-order chi connectivity index (χ1) is 13.1. The molecule has 8 heteroatoms. The third kappa shape index (κ3) is 7.98. The van der Waals surface area contributed by atoms with Gasteiger partial charge in [0.25, 0.3) is 0 Å². The molecule has 0 aromatic rings. The Kier molecular flexibility index (Phi) is 8.32. The van der Waals surface area contributed by atoms with Crippen molar-refractivity contribution >= 4 is 22.6 Å².